The van der Waals surface area contributed by atoms with Gasteiger partial charge in [-0.15, -0.1) is 0 Å². The lowest BCUT2D eigenvalue weighted by molar-refractivity contribution is 0.190. The smallest absolute Gasteiger partial charge is 0.0587 e. The average Bonchev–Trinajstić information content (AvgIpc) is 2.88. The maximum atomic E-state index is 5.12. The molecule has 1 fully saturated rings. The molecule has 0 aromatic heterocycles. The summed E-state index contributed by atoms with van der Waals surface area (Å²) in [6.45, 7) is 7.31. The predicted octanol–water partition coefficient (Wildman–Crippen LogP) is 3.64. The lowest BCUT2D eigenvalue weighted by atomic mass is 9.79. The molecule has 1 aliphatic rings. The zero-order valence-corrected chi connectivity index (χ0v) is 13.3. The van der Waals surface area contributed by atoms with Crippen molar-refractivity contribution in [3.63, 3.8) is 0 Å². The fourth-order valence-corrected chi connectivity index (χ4v) is 3.42. The standard InChI is InChI=1S/C18H29NO/c1-15-6-7-17(12-16(15)2)13-18(8-4-5-9-18)14-19-10-11-20-3/h6-7,12,19H,4-5,8-11,13-14H2,1-3H3. The molecule has 2 nitrogen and oxygen atoms in total. The van der Waals surface area contributed by atoms with Crippen molar-refractivity contribution in [1.29, 1.82) is 0 Å². The summed E-state index contributed by atoms with van der Waals surface area (Å²) in [5.74, 6) is 0. The zero-order valence-electron chi connectivity index (χ0n) is 13.3. The molecule has 112 valence electrons. The molecular formula is C18H29NO. The number of ether oxygens (including phenoxy) is 1. The Labute approximate surface area is 123 Å². The normalized spacial score (nSPS) is 17.6. The fourth-order valence-electron chi connectivity index (χ4n) is 3.42. The molecule has 0 spiro atoms. The highest BCUT2D eigenvalue weighted by Crippen LogP contribution is 2.40. The zero-order chi connectivity index (χ0) is 14.4. The monoisotopic (exact) mass is 275 g/mol. The van der Waals surface area contributed by atoms with Gasteiger partial charge in [-0.05, 0) is 55.2 Å². The van der Waals surface area contributed by atoms with Crippen molar-refractivity contribution in [2.24, 2.45) is 5.41 Å². The first-order valence-corrected chi connectivity index (χ1v) is 7.91. The fraction of sp³-hybridized carbons (Fsp3) is 0.667. The summed E-state index contributed by atoms with van der Waals surface area (Å²) in [5.41, 5.74) is 4.79. The van der Waals surface area contributed by atoms with Crippen LogP contribution in [0.25, 0.3) is 0 Å². The minimum absolute atomic E-state index is 0.468. The molecule has 1 aromatic carbocycles. The van der Waals surface area contributed by atoms with E-state index in [1.807, 2.05) is 0 Å². The molecule has 20 heavy (non-hydrogen) atoms. The van der Waals surface area contributed by atoms with Gasteiger partial charge in [0.15, 0.2) is 0 Å². The van der Waals surface area contributed by atoms with Gasteiger partial charge >= 0.3 is 0 Å². The number of nitrogens with one attached hydrogen (secondary N) is 1. The molecule has 0 heterocycles. The van der Waals surface area contributed by atoms with Crippen LogP contribution >= 0.6 is 0 Å². The maximum absolute atomic E-state index is 5.12. The van der Waals surface area contributed by atoms with Gasteiger partial charge in [0.05, 0.1) is 6.61 Å². The summed E-state index contributed by atoms with van der Waals surface area (Å²) in [7, 11) is 1.77. The van der Waals surface area contributed by atoms with E-state index in [1.54, 1.807) is 7.11 Å². The largest absolute Gasteiger partial charge is 0.383 e. The van der Waals surface area contributed by atoms with Crippen LogP contribution in [0, 0.1) is 19.3 Å². The second kappa shape index (κ2) is 7.24. The van der Waals surface area contributed by atoms with Crippen molar-refractivity contribution in [2.75, 3.05) is 26.8 Å². The number of methoxy groups -OCH3 is 1. The Hall–Kier alpha value is -0.860. The summed E-state index contributed by atoms with van der Waals surface area (Å²) >= 11 is 0. The Morgan fingerprint density at radius 3 is 2.55 bits per heavy atom. The van der Waals surface area contributed by atoms with Crippen LogP contribution in [0.5, 0.6) is 0 Å². The van der Waals surface area contributed by atoms with Gasteiger partial charge < -0.3 is 10.1 Å². The Kier molecular flexibility index (Phi) is 5.62. The van der Waals surface area contributed by atoms with Crippen molar-refractivity contribution in [2.45, 2.75) is 46.0 Å². The maximum Gasteiger partial charge on any atom is 0.0587 e. The molecule has 2 heteroatoms. The first-order valence-electron chi connectivity index (χ1n) is 7.91. The van der Waals surface area contributed by atoms with E-state index in [0.29, 0.717) is 5.41 Å². The van der Waals surface area contributed by atoms with Crippen molar-refractivity contribution in [3.05, 3.63) is 34.9 Å². The number of hydrogen-bond acceptors (Lipinski definition) is 2. The second-order valence-corrected chi connectivity index (χ2v) is 6.47. The van der Waals surface area contributed by atoms with E-state index in [-0.39, 0.29) is 0 Å². The van der Waals surface area contributed by atoms with E-state index < -0.39 is 0 Å². The average molecular weight is 275 g/mol. The van der Waals surface area contributed by atoms with Crippen LogP contribution in [0.15, 0.2) is 18.2 Å². The van der Waals surface area contributed by atoms with Gasteiger partial charge in [-0.3, -0.25) is 0 Å². The summed E-state index contributed by atoms with van der Waals surface area (Å²) < 4.78 is 5.12. The van der Waals surface area contributed by atoms with Gasteiger partial charge in [0.1, 0.15) is 0 Å². The molecule has 1 N–H and O–H groups in total. The van der Waals surface area contributed by atoms with E-state index in [4.69, 9.17) is 4.74 Å². The Morgan fingerprint density at radius 1 is 1.15 bits per heavy atom. The third-order valence-corrected chi connectivity index (χ3v) is 4.80. The topological polar surface area (TPSA) is 21.3 Å². The summed E-state index contributed by atoms with van der Waals surface area (Å²) in [4.78, 5) is 0. The first kappa shape index (κ1) is 15.5. The van der Waals surface area contributed by atoms with Crippen LogP contribution in [0.2, 0.25) is 0 Å². The minimum Gasteiger partial charge on any atom is -0.383 e. The SMILES string of the molecule is COCCNCC1(Cc2ccc(C)c(C)c2)CCCC1. The lowest BCUT2D eigenvalue weighted by Gasteiger charge is -2.30. The summed E-state index contributed by atoms with van der Waals surface area (Å²) in [6.07, 6.45) is 6.71. The van der Waals surface area contributed by atoms with Gasteiger partial charge in [0.25, 0.3) is 0 Å². The molecule has 0 aliphatic heterocycles. The highest BCUT2D eigenvalue weighted by atomic mass is 16.5. The summed E-state index contributed by atoms with van der Waals surface area (Å²) in [5, 5.41) is 3.59. The van der Waals surface area contributed by atoms with E-state index in [1.165, 1.54) is 48.8 Å². The predicted molar refractivity (Wildman–Crippen MR) is 85.3 cm³/mol. The molecule has 0 atom stereocenters. The molecule has 0 bridgehead atoms. The highest BCUT2D eigenvalue weighted by molar-refractivity contribution is 5.30. The third kappa shape index (κ3) is 4.07. The molecule has 1 saturated carbocycles. The molecule has 0 amide bonds. The Balaban J connectivity index is 1.99. The van der Waals surface area contributed by atoms with E-state index in [0.717, 1.165) is 19.7 Å². The lowest BCUT2D eigenvalue weighted by Crippen LogP contribution is -2.35. The van der Waals surface area contributed by atoms with Gasteiger partial charge in [0.2, 0.25) is 0 Å². The second-order valence-electron chi connectivity index (χ2n) is 6.47. The van der Waals surface area contributed by atoms with Crippen LogP contribution < -0.4 is 5.32 Å². The van der Waals surface area contributed by atoms with Crippen molar-refractivity contribution >= 4 is 0 Å². The molecule has 1 aliphatic carbocycles. The van der Waals surface area contributed by atoms with Crippen molar-refractivity contribution < 1.29 is 4.74 Å². The van der Waals surface area contributed by atoms with Crippen LogP contribution in [0.4, 0.5) is 0 Å². The molecule has 0 unspecified atom stereocenters. The molecular weight excluding hydrogens is 246 g/mol. The van der Waals surface area contributed by atoms with Gasteiger partial charge in [-0.2, -0.15) is 0 Å². The van der Waals surface area contributed by atoms with E-state index >= 15 is 0 Å². The molecule has 2 rings (SSSR count). The van der Waals surface area contributed by atoms with Crippen molar-refractivity contribution in [3.8, 4) is 0 Å². The van der Waals surface area contributed by atoms with Crippen LogP contribution in [-0.2, 0) is 11.2 Å². The molecule has 0 saturated heterocycles. The van der Waals surface area contributed by atoms with Crippen LogP contribution in [-0.4, -0.2) is 26.8 Å². The van der Waals surface area contributed by atoms with Gasteiger partial charge in [0, 0.05) is 20.2 Å². The Bertz CT molecular complexity index is 421. The van der Waals surface area contributed by atoms with E-state index in [2.05, 4.69) is 37.4 Å². The number of hydrogen-bond donors (Lipinski definition) is 1. The number of rotatable bonds is 7. The highest BCUT2D eigenvalue weighted by Gasteiger charge is 2.33. The third-order valence-electron chi connectivity index (χ3n) is 4.80. The molecule has 0 radical (unpaired) electrons. The molecule has 1 aromatic rings. The van der Waals surface area contributed by atoms with Gasteiger partial charge in [-0.25, -0.2) is 0 Å². The van der Waals surface area contributed by atoms with Gasteiger partial charge in [-0.1, -0.05) is 31.0 Å². The van der Waals surface area contributed by atoms with Crippen molar-refractivity contribution in [1.82, 2.24) is 5.32 Å². The van der Waals surface area contributed by atoms with Crippen LogP contribution in [0.3, 0.4) is 0 Å². The summed E-state index contributed by atoms with van der Waals surface area (Å²) in [6, 6.07) is 6.97. The first-order chi connectivity index (χ1) is 9.65. The quantitative estimate of drug-likeness (QED) is 0.767. The number of benzene rings is 1. The number of aryl methyl sites for hydroxylation is 2. The minimum atomic E-state index is 0.468. The van der Waals surface area contributed by atoms with Crippen LogP contribution in [0.1, 0.15) is 42.4 Å². The Morgan fingerprint density at radius 2 is 1.90 bits per heavy atom. The van der Waals surface area contributed by atoms with E-state index in [9.17, 15) is 0 Å².